The lowest BCUT2D eigenvalue weighted by molar-refractivity contribution is 0.300. The normalized spacial score (nSPS) is 13.4. The zero-order chi connectivity index (χ0) is 36.5. The zero-order valence-electron chi connectivity index (χ0n) is 32.5. The first kappa shape index (κ1) is 38.2. The molecule has 2 nitrogen and oxygen atoms in total. The number of ether oxygens (including phenoxy) is 2. The fourth-order valence-electron chi connectivity index (χ4n) is 7.64. The first-order valence-corrected chi connectivity index (χ1v) is 19.5. The van der Waals surface area contributed by atoms with Gasteiger partial charge < -0.3 is 9.47 Å². The molecule has 1 aliphatic rings. The minimum Gasteiger partial charge on any atom is -0.494 e. The first-order valence-electron chi connectivity index (χ1n) is 19.5. The maximum Gasteiger partial charge on any atom is 0.119 e. The second-order valence-corrected chi connectivity index (χ2v) is 16.7. The van der Waals surface area contributed by atoms with Gasteiger partial charge >= 0.3 is 0 Å². The van der Waals surface area contributed by atoms with Gasteiger partial charge in [-0.1, -0.05) is 166 Å². The number of hydrogen-bond donors (Lipinski definition) is 0. The molecule has 270 valence electrons. The molecule has 4 aromatic rings. The van der Waals surface area contributed by atoms with Gasteiger partial charge in [0.05, 0.1) is 13.2 Å². The average molecular weight is 683 g/mol. The Labute approximate surface area is 310 Å². The Morgan fingerprint density at radius 2 is 0.863 bits per heavy atom. The predicted molar refractivity (Wildman–Crippen MR) is 220 cm³/mol. The van der Waals surface area contributed by atoms with E-state index in [0.29, 0.717) is 0 Å². The molecule has 0 bridgehead atoms. The minimum atomic E-state index is 0.0278. The summed E-state index contributed by atoms with van der Waals surface area (Å²) in [7, 11) is 0. The van der Waals surface area contributed by atoms with Crippen molar-refractivity contribution in [2.75, 3.05) is 13.2 Å². The molecule has 0 saturated carbocycles. The Kier molecular flexibility index (Phi) is 12.7. The first-order chi connectivity index (χ1) is 24.4. The van der Waals surface area contributed by atoms with Gasteiger partial charge in [-0.05, 0) is 105 Å². The second-order valence-electron chi connectivity index (χ2n) is 16.7. The Morgan fingerprint density at radius 1 is 0.490 bits per heavy atom. The number of hydrogen-bond acceptors (Lipinski definition) is 2. The van der Waals surface area contributed by atoms with Crippen LogP contribution in [0.4, 0.5) is 0 Å². The summed E-state index contributed by atoms with van der Waals surface area (Å²) in [4.78, 5) is 0. The van der Waals surface area contributed by atoms with E-state index in [-0.39, 0.29) is 16.2 Å². The highest BCUT2D eigenvalue weighted by atomic mass is 16.5. The molecule has 0 aliphatic heterocycles. The molecular formula is C49H62O2. The van der Waals surface area contributed by atoms with Crippen LogP contribution in [0.5, 0.6) is 11.5 Å². The topological polar surface area (TPSA) is 18.5 Å². The molecule has 0 amide bonds. The molecule has 0 aromatic heterocycles. The third-order valence-electron chi connectivity index (χ3n) is 10.9. The van der Waals surface area contributed by atoms with Crippen LogP contribution >= 0.6 is 0 Å². The van der Waals surface area contributed by atoms with Crippen LogP contribution in [0.25, 0.3) is 23.3 Å². The van der Waals surface area contributed by atoms with Crippen molar-refractivity contribution < 1.29 is 9.47 Å². The average Bonchev–Trinajstić information content (AvgIpc) is 3.39. The fourth-order valence-corrected chi connectivity index (χ4v) is 7.64. The number of rotatable bonds is 18. The van der Waals surface area contributed by atoms with Crippen molar-refractivity contribution in [2.24, 2.45) is 0 Å². The summed E-state index contributed by atoms with van der Waals surface area (Å²) in [6.07, 6.45) is 15.5. The summed E-state index contributed by atoms with van der Waals surface area (Å²) < 4.78 is 12.1. The number of benzene rings is 4. The fraction of sp³-hybridized carbons (Fsp3) is 0.429. The van der Waals surface area contributed by atoms with Gasteiger partial charge in [0.25, 0.3) is 0 Å². The molecule has 0 N–H and O–H groups in total. The van der Waals surface area contributed by atoms with Gasteiger partial charge in [0.15, 0.2) is 0 Å². The van der Waals surface area contributed by atoms with Crippen LogP contribution in [-0.2, 0) is 16.2 Å². The molecule has 0 atom stereocenters. The largest absolute Gasteiger partial charge is 0.494 e. The van der Waals surface area contributed by atoms with Crippen LogP contribution in [-0.4, -0.2) is 13.2 Å². The molecule has 0 unspecified atom stereocenters. The van der Waals surface area contributed by atoms with Crippen molar-refractivity contribution >= 4 is 12.2 Å². The van der Waals surface area contributed by atoms with Crippen LogP contribution in [0.3, 0.4) is 0 Å². The molecule has 4 aromatic carbocycles. The molecule has 0 spiro atoms. The smallest absolute Gasteiger partial charge is 0.119 e. The highest BCUT2D eigenvalue weighted by Gasteiger charge is 2.43. The molecule has 0 saturated heterocycles. The monoisotopic (exact) mass is 682 g/mol. The summed E-state index contributed by atoms with van der Waals surface area (Å²) in [6, 6.07) is 31.2. The van der Waals surface area contributed by atoms with E-state index in [1.165, 1.54) is 73.6 Å². The van der Waals surface area contributed by atoms with Crippen LogP contribution in [0.1, 0.15) is 139 Å². The summed E-state index contributed by atoms with van der Waals surface area (Å²) in [6.45, 7) is 23.3. The van der Waals surface area contributed by atoms with E-state index < -0.39 is 0 Å². The standard InChI is InChI=1S/C49H62O2/c1-9-37-19-25-41(26-20-37)50-33-17-13-11-15-31-49(32-16-12-14-18-34-51-42-27-21-38(10-2)22-28-42)45-35-39(47(3,4)5)23-29-43(45)44-30-24-40(36-46(44)49)48(6,7)8/h9-10,19-30,35-36H,1-2,11-18,31-34H2,3-8H3. The van der Waals surface area contributed by atoms with Gasteiger partial charge in [-0.15, -0.1) is 0 Å². The van der Waals surface area contributed by atoms with E-state index in [2.05, 4.69) is 115 Å². The van der Waals surface area contributed by atoms with Crippen LogP contribution in [0, 0.1) is 0 Å². The summed E-state index contributed by atoms with van der Waals surface area (Å²) in [5.41, 5.74) is 11.4. The quantitative estimate of drug-likeness (QED) is 0.0973. The lowest BCUT2D eigenvalue weighted by Crippen LogP contribution is -2.27. The molecule has 5 rings (SSSR count). The van der Waals surface area contributed by atoms with Gasteiger partial charge in [0, 0.05) is 5.41 Å². The van der Waals surface area contributed by atoms with Crippen molar-refractivity contribution in [2.45, 2.75) is 122 Å². The molecule has 1 aliphatic carbocycles. The van der Waals surface area contributed by atoms with Gasteiger partial charge in [-0.3, -0.25) is 0 Å². The molecule has 51 heavy (non-hydrogen) atoms. The van der Waals surface area contributed by atoms with E-state index in [1.54, 1.807) is 11.1 Å². The van der Waals surface area contributed by atoms with Gasteiger partial charge in [-0.25, -0.2) is 0 Å². The summed E-state index contributed by atoms with van der Waals surface area (Å²) in [5.74, 6) is 1.88. The van der Waals surface area contributed by atoms with Crippen LogP contribution < -0.4 is 9.47 Å². The van der Waals surface area contributed by atoms with E-state index in [0.717, 1.165) is 48.7 Å². The Balaban J connectivity index is 1.30. The van der Waals surface area contributed by atoms with Gasteiger partial charge in [0.2, 0.25) is 0 Å². The van der Waals surface area contributed by atoms with Crippen LogP contribution in [0.15, 0.2) is 98.1 Å². The van der Waals surface area contributed by atoms with Crippen LogP contribution in [0.2, 0.25) is 0 Å². The van der Waals surface area contributed by atoms with E-state index >= 15 is 0 Å². The highest BCUT2D eigenvalue weighted by molar-refractivity contribution is 5.82. The lowest BCUT2D eigenvalue weighted by Gasteiger charge is -2.35. The van der Waals surface area contributed by atoms with Crippen molar-refractivity contribution in [3.63, 3.8) is 0 Å². The molecule has 2 heteroatoms. The lowest BCUT2D eigenvalue weighted by atomic mass is 9.69. The highest BCUT2D eigenvalue weighted by Crippen LogP contribution is 2.55. The Hall–Kier alpha value is -4.04. The minimum absolute atomic E-state index is 0.0278. The summed E-state index contributed by atoms with van der Waals surface area (Å²) >= 11 is 0. The third kappa shape index (κ3) is 9.65. The maximum atomic E-state index is 6.07. The number of fused-ring (bicyclic) bond motifs is 3. The molecular weight excluding hydrogens is 621 g/mol. The van der Waals surface area contributed by atoms with E-state index in [9.17, 15) is 0 Å². The molecule has 0 heterocycles. The van der Waals surface area contributed by atoms with E-state index in [4.69, 9.17) is 9.47 Å². The molecule has 0 radical (unpaired) electrons. The van der Waals surface area contributed by atoms with Gasteiger partial charge in [0.1, 0.15) is 11.5 Å². The Bertz CT molecular complexity index is 1600. The van der Waals surface area contributed by atoms with Crippen molar-refractivity contribution in [3.8, 4) is 22.6 Å². The summed E-state index contributed by atoms with van der Waals surface area (Å²) in [5, 5.41) is 0. The zero-order valence-corrected chi connectivity index (χ0v) is 32.5. The maximum absolute atomic E-state index is 6.07. The number of unbranched alkanes of at least 4 members (excludes halogenated alkanes) is 6. The third-order valence-corrected chi connectivity index (χ3v) is 10.9. The molecule has 0 fully saturated rings. The van der Waals surface area contributed by atoms with Crippen molar-refractivity contribution in [1.82, 2.24) is 0 Å². The second kappa shape index (κ2) is 17.0. The predicted octanol–water partition coefficient (Wildman–Crippen LogP) is 13.9. The van der Waals surface area contributed by atoms with E-state index in [1.807, 2.05) is 36.4 Å². The SMILES string of the molecule is C=Cc1ccc(OCCCCCCC2(CCCCCCOc3ccc(C=C)cc3)c3cc(C(C)(C)C)ccc3-c3ccc(C(C)(C)C)cc32)cc1. The Morgan fingerprint density at radius 3 is 1.22 bits per heavy atom. The van der Waals surface area contributed by atoms with Crippen molar-refractivity contribution in [1.29, 1.82) is 0 Å². The van der Waals surface area contributed by atoms with Crippen molar-refractivity contribution in [3.05, 3.63) is 131 Å². The van der Waals surface area contributed by atoms with Gasteiger partial charge in [-0.2, -0.15) is 0 Å².